The van der Waals surface area contributed by atoms with E-state index in [1.54, 1.807) is 17.9 Å². The first-order chi connectivity index (χ1) is 19.6. The number of amides is 1. The molecule has 224 valence electrons. The first-order valence-corrected chi connectivity index (χ1v) is 13.6. The topological polar surface area (TPSA) is 135 Å². The smallest absolute Gasteiger partial charge is 0.450 e. The maximum Gasteiger partial charge on any atom is 0.573 e. The second kappa shape index (κ2) is 13.7. The van der Waals surface area contributed by atoms with Crippen molar-refractivity contribution in [3.05, 3.63) is 46.1 Å². The summed E-state index contributed by atoms with van der Waals surface area (Å²) >= 11 is 0. The van der Waals surface area contributed by atoms with E-state index >= 15 is 0 Å². The molecule has 0 radical (unpaired) electrons. The summed E-state index contributed by atoms with van der Waals surface area (Å²) in [4.78, 5) is 35.3. The second-order valence-corrected chi connectivity index (χ2v) is 9.97. The standard InChI is InChI=1S/C26H34F3N7O5/c1-2-40-25(37)35-13-11-34(12-14-35)20-9-7-18(8-10-20)15-30-23-21(36(38)39)17-32-24(33-23)31-16-19-5-3-4-6-22(19)41-26(27,28)29/h3-6,17-18,20H,2,7-16H2,1H3,(H2,30,31,32,33). The Morgan fingerprint density at radius 1 is 1.12 bits per heavy atom. The molecule has 0 unspecified atom stereocenters. The molecule has 1 saturated carbocycles. The van der Waals surface area contributed by atoms with Crippen LogP contribution in [0.5, 0.6) is 5.75 Å². The summed E-state index contributed by atoms with van der Waals surface area (Å²) in [5, 5.41) is 17.5. The fraction of sp³-hybridized carbons (Fsp3) is 0.577. The fourth-order valence-electron chi connectivity index (χ4n) is 5.21. The molecular formula is C26H34F3N7O5. The van der Waals surface area contributed by atoms with E-state index in [0.29, 0.717) is 38.2 Å². The number of rotatable bonds is 10. The predicted molar refractivity (Wildman–Crippen MR) is 144 cm³/mol. The van der Waals surface area contributed by atoms with Gasteiger partial charge in [0.05, 0.1) is 11.5 Å². The van der Waals surface area contributed by atoms with Gasteiger partial charge in [-0.15, -0.1) is 13.2 Å². The van der Waals surface area contributed by atoms with Crippen LogP contribution in [0.1, 0.15) is 38.2 Å². The Bertz CT molecular complexity index is 1190. The Labute approximate surface area is 235 Å². The number of hydrogen-bond acceptors (Lipinski definition) is 10. The normalized spacial score (nSPS) is 19.9. The molecule has 12 nitrogen and oxygen atoms in total. The van der Waals surface area contributed by atoms with Gasteiger partial charge in [0.1, 0.15) is 11.9 Å². The highest BCUT2D eigenvalue weighted by atomic mass is 19.4. The van der Waals surface area contributed by atoms with Crippen LogP contribution in [-0.2, 0) is 11.3 Å². The van der Waals surface area contributed by atoms with Crippen molar-refractivity contribution in [2.24, 2.45) is 5.92 Å². The number of para-hydroxylation sites is 1. The third-order valence-electron chi connectivity index (χ3n) is 7.33. The average molecular weight is 582 g/mol. The monoisotopic (exact) mass is 581 g/mol. The van der Waals surface area contributed by atoms with Crippen molar-refractivity contribution >= 4 is 23.5 Å². The quantitative estimate of drug-likeness (QED) is 0.302. The van der Waals surface area contributed by atoms with Gasteiger partial charge in [-0.2, -0.15) is 4.98 Å². The van der Waals surface area contributed by atoms with Crippen molar-refractivity contribution in [1.82, 2.24) is 19.8 Å². The molecule has 1 saturated heterocycles. The van der Waals surface area contributed by atoms with E-state index in [4.69, 9.17) is 4.74 Å². The highest BCUT2D eigenvalue weighted by Crippen LogP contribution is 2.31. The van der Waals surface area contributed by atoms with Crippen LogP contribution in [0.15, 0.2) is 30.5 Å². The molecule has 2 fully saturated rings. The molecule has 2 N–H and O–H groups in total. The molecule has 4 rings (SSSR count). The van der Waals surface area contributed by atoms with Crippen LogP contribution >= 0.6 is 0 Å². The van der Waals surface area contributed by atoms with Gasteiger partial charge in [-0.1, -0.05) is 18.2 Å². The number of nitro groups is 1. The number of hydrogen-bond donors (Lipinski definition) is 2. The van der Waals surface area contributed by atoms with Crippen molar-refractivity contribution in [2.75, 3.05) is 50.0 Å². The molecule has 15 heteroatoms. The number of aromatic nitrogens is 2. The number of carbonyl (C=O) groups is 1. The Morgan fingerprint density at radius 3 is 2.49 bits per heavy atom. The Hall–Kier alpha value is -3.88. The average Bonchev–Trinajstić information content (AvgIpc) is 2.95. The summed E-state index contributed by atoms with van der Waals surface area (Å²) < 4.78 is 47.3. The lowest BCUT2D eigenvalue weighted by Gasteiger charge is -2.41. The predicted octanol–water partition coefficient (Wildman–Crippen LogP) is 4.64. The summed E-state index contributed by atoms with van der Waals surface area (Å²) in [6.07, 6.45) is -0.170. The van der Waals surface area contributed by atoms with Gasteiger partial charge in [0.15, 0.2) is 0 Å². The minimum atomic E-state index is -4.84. The summed E-state index contributed by atoms with van der Waals surface area (Å²) in [7, 11) is 0. The van der Waals surface area contributed by atoms with Crippen LogP contribution in [0, 0.1) is 16.0 Å². The molecule has 0 atom stereocenters. The Morgan fingerprint density at radius 2 is 1.83 bits per heavy atom. The molecule has 1 aliphatic heterocycles. The third kappa shape index (κ3) is 8.55. The summed E-state index contributed by atoms with van der Waals surface area (Å²) in [5.74, 6) is 0.0174. The molecule has 2 heterocycles. The van der Waals surface area contributed by atoms with Gasteiger partial charge in [0.2, 0.25) is 11.8 Å². The van der Waals surface area contributed by atoms with Gasteiger partial charge in [-0.05, 0) is 44.6 Å². The minimum absolute atomic E-state index is 0.0329. The molecule has 2 aliphatic rings. The number of anilines is 2. The van der Waals surface area contributed by atoms with Crippen molar-refractivity contribution in [1.29, 1.82) is 0 Å². The van der Waals surface area contributed by atoms with Gasteiger partial charge < -0.3 is 25.0 Å². The maximum atomic E-state index is 12.7. The molecular weight excluding hydrogens is 547 g/mol. The zero-order chi connectivity index (χ0) is 29.4. The number of alkyl halides is 3. The van der Waals surface area contributed by atoms with E-state index in [2.05, 4.69) is 30.2 Å². The van der Waals surface area contributed by atoms with E-state index in [0.717, 1.165) is 45.0 Å². The number of nitrogens with one attached hydrogen (secondary N) is 2. The van der Waals surface area contributed by atoms with Gasteiger partial charge in [0, 0.05) is 50.9 Å². The molecule has 0 bridgehead atoms. The molecule has 1 aromatic heterocycles. The molecule has 1 amide bonds. The maximum absolute atomic E-state index is 12.7. The SMILES string of the molecule is CCOC(=O)N1CCN(C2CCC(CNc3nc(NCc4ccccc4OC(F)(F)F)ncc3[N+](=O)[O-])CC2)CC1. The van der Waals surface area contributed by atoms with Gasteiger partial charge >= 0.3 is 18.1 Å². The van der Waals surface area contributed by atoms with Crippen LogP contribution in [0.25, 0.3) is 0 Å². The zero-order valence-corrected chi connectivity index (χ0v) is 22.7. The largest absolute Gasteiger partial charge is 0.573 e. The lowest BCUT2D eigenvalue weighted by Crippen LogP contribution is -2.52. The highest BCUT2D eigenvalue weighted by molar-refractivity contribution is 5.67. The lowest BCUT2D eigenvalue weighted by atomic mass is 9.85. The third-order valence-corrected chi connectivity index (χ3v) is 7.33. The van der Waals surface area contributed by atoms with Crippen LogP contribution in [0.3, 0.4) is 0 Å². The number of carbonyl (C=O) groups excluding carboxylic acids is 1. The van der Waals surface area contributed by atoms with Crippen molar-refractivity contribution < 1.29 is 32.4 Å². The lowest BCUT2D eigenvalue weighted by molar-refractivity contribution is -0.384. The van der Waals surface area contributed by atoms with Crippen LogP contribution < -0.4 is 15.4 Å². The van der Waals surface area contributed by atoms with E-state index in [1.165, 1.54) is 18.2 Å². The number of ether oxygens (including phenoxy) is 2. The van der Waals surface area contributed by atoms with E-state index in [9.17, 15) is 28.1 Å². The van der Waals surface area contributed by atoms with Crippen molar-refractivity contribution in [2.45, 2.75) is 51.6 Å². The van der Waals surface area contributed by atoms with Crippen LogP contribution in [0.4, 0.5) is 35.4 Å². The number of halogens is 3. The zero-order valence-electron chi connectivity index (χ0n) is 22.7. The fourth-order valence-corrected chi connectivity index (χ4v) is 5.21. The van der Waals surface area contributed by atoms with Gasteiger partial charge in [0.25, 0.3) is 0 Å². The van der Waals surface area contributed by atoms with Crippen molar-refractivity contribution in [3.8, 4) is 5.75 Å². The highest BCUT2D eigenvalue weighted by Gasteiger charge is 2.32. The van der Waals surface area contributed by atoms with E-state index in [-0.39, 0.29) is 41.4 Å². The number of nitrogens with zero attached hydrogens (tertiary/aromatic N) is 5. The van der Waals surface area contributed by atoms with Crippen molar-refractivity contribution in [3.63, 3.8) is 0 Å². The number of piperazine rings is 1. The second-order valence-electron chi connectivity index (χ2n) is 9.97. The summed E-state index contributed by atoms with van der Waals surface area (Å²) in [6.45, 7) is 5.48. The minimum Gasteiger partial charge on any atom is -0.450 e. The molecule has 1 aromatic carbocycles. The first kappa shape index (κ1) is 30.1. The van der Waals surface area contributed by atoms with Gasteiger partial charge in [-0.3, -0.25) is 15.0 Å². The van der Waals surface area contributed by atoms with Crippen LogP contribution in [0.2, 0.25) is 0 Å². The Kier molecular flexibility index (Phi) is 10.0. The van der Waals surface area contributed by atoms with Gasteiger partial charge in [-0.25, -0.2) is 9.78 Å². The molecule has 1 aliphatic carbocycles. The number of benzene rings is 1. The molecule has 2 aromatic rings. The Balaban J connectivity index is 1.29. The molecule has 0 spiro atoms. The van der Waals surface area contributed by atoms with E-state index < -0.39 is 11.3 Å². The summed E-state index contributed by atoms with van der Waals surface area (Å²) in [6, 6.07) is 6.10. The summed E-state index contributed by atoms with van der Waals surface area (Å²) in [5.41, 5.74) is -0.0649. The van der Waals surface area contributed by atoms with E-state index in [1.807, 2.05) is 0 Å². The molecule has 41 heavy (non-hydrogen) atoms. The van der Waals surface area contributed by atoms with Crippen LogP contribution in [-0.4, -0.2) is 82.5 Å². The first-order valence-electron chi connectivity index (χ1n) is 13.6.